The van der Waals surface area contributed by atoms with E-state index >= 15 is 0 Å². The summed E-state index contributed by atoms with van der Waals surface area (Å²) in [6, 6.07) is 3.19. The molecule has 1 saturated carbocycles. The molecular weight excluding hydrogens is 272 g/mol. The van der Waals surface area contributed by atoms with Crippen molar-refractivity contribution in [3.05, 3.63) is 41.7 Å². The van der Waals surface area contributed by atoms with Crippen molar-refractivity contribution in [1.29, 1.82) is 0 Å². The number of hydrogen-bond acceptors (Lipinski definition) is 6. The van der Waals surface area contributed by atoms with Crippen molar-refractivity contribution in [2.75, 3.05) is 0 Å². The number of pyridine rings is 1. The third kappa shape index (κ3) is 3.39. The van der Waals surface area contributed by atoms with Gasteiger partial charge in [0.2, 0.25) is 11.8 Å². The Morgan fingerprint density at radius 3 is 2.95 bits per heavy atom. The first kappa shape index (κ1) is 13.6. The lowest BCUT2D eigenvalue weighted by Crippen LogP contribution is -2.25. The highest BCUT2D eigenvalue weighted by Crippen LogP contribution is 2.24. The van der Waals surface area contributed by atoms with Gasteiger partial charge in [0.15, 0.2) is 6.61 Å². The molecule has 1 aliphatic carbocycles. The molecule has 6 nitrogen and oxygen atoms in total. The van der Waals surface area contributed by atoms with E-state index in [2.05, 4.69) is 9.97 Å². The molecule has 0 N–H and O–H groups in total. The number of hydrogen-bond donors (Lipinski definition) is 0. The zero-order valence-corrected chi connectivity index (χ0v) is 11.7. The predicted molar refractivity (Wildman–Crippen MR) is 72.9 cm³/mol. The number of carbonyl (C=O) groups is 1. The van der Waals surface area contributed by atoms with Crippen molar-refractivity contribution in [1.82, 2.24) is 9.97 Å². The summed E-state index contributed by atoms with van der Waals surface area (Å²) in [4.78, 5) is 20.1. The van der Waals surface area contributed by atoms with Crippen LogP contribution >= 0.6 is 0 Å². The number of rotatable bonds is 5. The van der Waals surface area contributed by atoms with Crippen LogP contribution in [0.2, 0.25) is 0 Å². The SMILES string of the molecule is Cc1cnc(COC(=O)c2ccnc(OC3CCC3)c2)o1. The summed E-state index contributed by atoms with van der Waals surface area (Å²) in [7, 11) is 0. The normalized spacial score (nSPS) is 14.5. The smallest absolute Gasteiger partial charge is 0.338 e. The summed E-state index contributed by atoms with van der Waals surface area (Å²) in [5.41, 5.74) is 0.405. The van der Waals surface area contributed by atoms with Crippen molar-refractivity contribution >= 4 is 5.97 Å². The first-order valence-electron chi connectivity index (χ1n) is 6.92. The average Bonchev–Trinajstić information content (AvgIpc) is 2.86. The quantitative estimate of drug-likeness (QED) is 0.787. The Balaban J connectivity index is 1.59. The molecule has 0 amide bonds. The second-order valence-corrected chi connectivity index (χ2v) is 4.99. The Morgan fingerprint density at radius 1 is 1.43 bits per heavy atom. The predicted octanol–water partition coefficient (Wildman–Crippen LogP) is 2.67. The summed E-state index contributed by atoms with van der Waals surface area (Å²) in [6.45, 7) is 1.79. The molecule has 2 aromatic rings. The van der Waals surface area contributed by atoms with Gasteiger partial charge in [0.25, 0.3) is 0 Å². The first-order valence-corrected chi connectivity index (χ1v) is 6.92. The van der Waals surface area contributed by atoms with Gasteiger partial charge in [-0.05, 0) is 32.3 Å². The minimum Gasteiger partial charge on any atom is -0.474 e. The van der Waals surface area contributed by atoms with Gasteiger partial charge >= 0.3 is 5.97 Å². The number of esters is 1. The van der Waals surface area contributed by atoms with Gasteiger partial charge < -0.3 is 13.9 Å². The molecule has 21 heavy (non-hydrogen) atoms. The van der Waals surface area contributed by atoms with Crippen LogP contribution in [0.4, 0.5) is 0 Å². The minimum atomic E-state index is -0.452. The highest BCUT2D eigenvalue weighted by Gasteiger charge is 2.20. The Labute approximate surface area is 122 Å². The second kappa shape index (κ2) is 5.95. The van der Waals surface area contributed by atoms with Gasteiger partial charge in [-0.3, -0.25) is 0 Å². The fourth-order valence-electron chi connectivity index (χ4n) is 1.94. The molecule has 1 aliphatic rings. The Bertz CT molecular complexity index is 634. The molecule has 6 heteroatoms. The average molecular weight is 288 g/mol. The Hall–Kier alpha value is -2.37. The Morgan fingerprint density at radius 2 is 2.29 bits per heavy atom. The fourth-order valence-corrected chi connectivity index (χ4v) is 1.94. The number of nitrogens with zero attached hydrogens (tertiary/aromatic N) is 2. The van der Waals surface area contributed by atoms with Crippen LogP contribution in [0.5, 0.6) is 5.88 Å². The first-order chi connectivity index (χ1) is 10.2. The van der Waals surface area contributed by atoms with E-state index in [9.17, 15) is 4.79 Å². The van der Waals surface area contributed by atoms with E-state index in [1.807, 2.05) is 0 Å². The minimum absolute atomic E-state index is 0.00775. The molecule has 2 heterocycles. The van der Waals surface area contributed by atoms with Crippen LogP contribution in [0, 0.1) is 6.92 Å². The van der Waals surface area contributed by atoms with Crippen LogP contribution in [0.1, 0.15) is 41.3 Å². The zero-order valence-electron chi connectivity index (χ0n) is 11.7. The molecule has 0 saturated heterocycles. The van der Waals surface area contributed by atoms with Crippen molar-refractivity contribution in [3.63, 3.8) is 0 Å². The highest BCUT2D eigenvalue weighted by atomic mass is 16.5. The number of aryl methyl sites for hydroxylation is 1. The van der Waals surface area contributed by atoms with E-state index in [4.69, 9.17) is 13.9 Å². The van der Waals surface area contributed by atoms with E-state index in [1.54, 1.807) is 31.5 Å². The molecule has 0 aliphatic heterocycles. The van der Waals surface area contributed by atoms with Gasteiger partial charge in [-0.15, -0.1) is 0 Å². The summed E-state index contributed by atoms with van der Waals surface area (Å²) < 4.78 is 16.0. The van der Waals surface area contributed by atoms with Gasteiger partial charge in [0, 0.05) is 12.3 Å². The molecule has 0 bridgehead atoms. The lowest BCUT2D eigenvalue weighted by Gasteiger charge is -2.25. The van der Waals surface area contributed by atoms with Gasteiger partial charge in [0.1, 0.15) is 11.9 Å². The molecule has 110 valence electrons. The molecule has 0 radical (unpaired) electrons. The third-order valence-electron chi connectivity index (χ3n) is 3.31. The number of ether oxygens (including phenoxy) is 2. The fraction of sp³-hybridized carbons (Fsp3) is 0.400. The molecule has 1 fully saturated rings. The van der Waals surface area contributed by atoms with Gasteiger partial charge in [-0.25, -0.2) is 14.8 Å². The molecule has 0 aromatic carbocycles. The number of aromatic nitrogens is 2. The van der Waals surface area contributed by atoms with Crippen molar-refractivity contribution in [2.24, 2.45) is 0 Å². The molecule has 0 spiro atoms. The topological polar surface area (TPSA) is 74.5 Å². The van der Waals surface area contributed by atoms with Crippen molar-refractivity contribution in [2.45, 2.75) is 38.9 Å². The van der Waals surface area contributed by atoms with E-state index in [-0.39, 0.29) is 12.7 Å². The standard InChI is InChI=1S/C15H16N2O4/c1-10-8-17-14(20-10)9-19-15(18)11-5-6-16-13(7-11)21-12-3-2-4-12/h5-8,12H,2-4,9H2,1H3. The van der Waals surface area contributed by atoms with Crippen LogP contribution in [0.15, 0.2) is 28.9 Å². The van der Waals surface area contributed by atoms with Crippen LogP contribution in [-0.4, -0.2) is 22.0 Å². The lowest BCUT2D eigenvalue weighted by molar-refractivity contribution is 0.0435. The lowest BCUT2D eigenvalue weighted by atomic mass is 9.96. The summed E-state index contributed by atoms with van der Waals surface area (Å²) in [5, 5.41) is 0. The summed E-state index contributed by atoms with van der Waals surface area (Å²) >= 11 is 0. The summed E-state index contributed by atoms with van der Waals surface area (Å²) in [5.74, 6) is 1.06. The Kier molecular flexibility index (Phi) is 3.85. The molecule has 2 aromatic heterocycles. The van der Waals surface area contributed by atoms with E-state index in [0.29, 0.717) is 23.1 Å². The van der Waals surface area contributed by atoms with Crippen LogP contribution in [0.3, 0.4) is 0 Å². The zero-order chi connectivity index (χ0) is 14.7. The molecular formula is C15H16N2O4. The maximum absolute atomic E-state index is 12.0. The summed E-state index contributed by atoms with van der Waals surface area (Å²) in [6.07, 6.45) is 6.61. The van der Waals surface area contributed by atoms with Crippen LogP contribution in [0.25, 0.3) is 0 Å². The maximum Gasteiger partial charge on any atom is 0.338 e. The van der Waals surface area contributed by atoms with E-state index < -0.39 is 5.97 Å². The largest absolute Gasteiger partial charge is 0.474 e. The third-order valence-corrected chi connectivity index (χ3v) is 3.31. The molecule has 0 unspecified atom stereocenters. The van der Waals surface area contributed by atoms with Gasteiger partial charge in [-0.2, -0.15) is 0 Å². The highest BCUT2D eigenvalue weighted by molar-refractivity contribution is 5.89. The second-order valence-electron chi connectivity index (χ2n) is 4.99. The number of oxazole rings is 1. The number of carbonyl (C=O) groups excluding carboxylic acids is 1. The van der Waals surface area contributed by atoms with E-state index in [1.165, 1.54) is 6.42 Å². The molecule has 3 rings (SSSR count). The monoisotopic (exact) mass is 288 g/mol. The van der Waals surface area contributed by atoms with Gasteiger partial charge in [0.05, 0.1) is 11.8 Å². The van der Waals surface area contributed by atoms with Crippen LogP contribution < -0.4 is 4.74 Å². The van der Waals surface area contributed by atoms with Crippen molar-refractivity contribution < 1.29 is 18.7 Å². The van der Waals surface area contributed by atoms with E-state index in [0.717, 1.165) is 12.8 Å². The molecule has 0 atom stereocenters. The van der Waals surface area contributed by atoms with Gasteiger partial charge in [-0.1, -0.05) is 0 Å². The van der Waals surface area contributed by atoms with Crippen LogP contribution in [-0.2, 0) is 11.3 Å². The maximum atomic E-state index is 12.0. The van der Waals surface area contributed by atoms with Crippen molar-refractivity contribution in [3.8, 4) is 5.88 Å².